The summed E-state index contributed by atoms with van der Waals surface area (Å²) in [6.45, 7) is 1.70. The third-order valence-electron chi connectivity index (χ3n) is 3.01. The van der Waals surface area contributed by atoms with E-state index in [4.69, 9.17) is 10.6 Å². The standard InChI is InChI=1S/C12H18N2O/c13-14-12(10-5-2-1-3-6-10)11-7-4-8-15-9-11/h1-3,5-6,11-12,14H,4,7-9,13H2. The molecule has 0 spiro atoms. The van der Waals surface area contributed by atoms with Crippen LogP contribution in [0.1, 0.15) is 24.4 Å². The molecule has 0 saturated carbocycles. The van der Waals surface area contributed by atoms with E-state index in [9.17, 15) is 0 Å². The fourth-order valence-electron chi connectivity index (χ4n) is 2.19. The molecule has 0 bridgehead atoms. The van der Waals surface area contributed by atoms with Gasteiger partial charge < -0.3 is 4.74 Å². The highest BCUT2D eigenvalue weighted by Gasteiger charge is 2.24. The SMILES string of the molecule is NNC(c1ccccc1)C1CCCOC1. The average Bonchev–Trinajstić information content (AvgIpc) is 2.33. The third-order valence-corrected chi connectivity index (χ3v) is 3.01. The summed E-state index contributed by atoms with van der Waals surface area (Å²) in [6.07, 6.45) is 2.32. The van der Waals surface area contributed by atoms with Crippen molar-refractivity contribution in [1.29, 1.82) is 0 Å². The zero-order valence-corrected chi connectivity index (χ0v) is 8.86. The fraction of sp³-hybridized carbons (Fsp3) is 0.500. The minimum Gasteiger partial charge on any atom is -0.381 e. The Labute approximate surface area is 90.6 Å². The predicted molar refractivity (Wildman–Crippen MR) is 60.0 cm³/mol. The topological polar surface area (TPSA) is 47.3 Å². The summed E-state index contributed by atoms with van der Waals surface area (Å²) >= 11 is 0. The van der Waals surface area contributed by atoms with E-state index in [0.29, 0.717) is 5.92 Å². The van der Waals surface area contributed by atoms with Gasteiger partial charge in [-0.2, -0.15) is 0 Å². The number of benzene rings is 1. The molecular weight excluding hydrogens is 188 g/mol. The molecule has 2 unspecified atom stereocenters. The normalized spacial score (nSPS) is 23.7. The summed E-state index contributed by atoms with van der Waals surface area (Å²) in [4.78, 5) is 0. The summed E-state index contributed by atoms with van der Waals surface area (Å²) in [5.74, 6) is 6.12. The van der Waals surface area contributed by atoms with E-state index in [-0.39, 0.29) is 6.04 Å². The maximum Gasteiger partial charge on any atom is 0.0513 e. The highest BCUT2D eigenvalue weighted by molar-refractivity contribution is 5.19. The second-order valence-corrected chi connectivity index (χ2v) is 4.03. The van der Waals surface area contributed by atoms with Crippen molar-refractivity contribution in [3.8, 4) is 0 Å². The largest absolute Gasteiger partial charge is 0.381 e. The quantitative estimate of drug-likeness (QED) is 0.583. The molecule has 3 heteroatoms. The van der Waals surface area contributed by atoms with E-state index in [1.807, 2.05) is 18.2 Å². The lowest BCUT2D eigenvalue weighted by Gasteiger charge is -2.30. The number of hydrogen-bond donors (Lipinski definition) is 2. The van der Waals surface area contributed by atoms with Crippen molar-refractivity contribution >= 4 is 0 Å². The molecule has 2 atom stereocenters. The number of hydrogen-bond acceptors (Lipinski definition) is 3. The van der Waals surface area contributed by atoms with Crippen LogP contribution in [0.25, 0.3) is 0 Å². The van der Waals surface area contributed by atoms with Crippen molar-refractivity contribution in [3.63, 3.8) is 0 Å². The lowest BCUT2D eigenvalue weighted by atomic mass is 9.89. The Morgan fingerprint density at radius 2 is 2.13 bits per heavy atom. The minimum absolute atomic E-state index is 0.214. The first-order chi connectivity index (χ1) is 7.42. The highest BCUT2D eigenvalue weighted by Crippen LogP contribution is 2.27. The van der Waals surface area contributed by atoms with Crippen LogP contribution in [-0.4, -0.2) is 13.2 Å². The fourth-order valence-corrected chi connectivity index (χ4v) is 2.19. The highest BCUT2D eigenvalue weighted by atomic mass is 16.5. The molecule has 15 heavy (non-hydrogen) atoms. The Kier molecular flexibility index (Phi) is 3.72. The molecule has 0 aromatic heterocycles. The molecule has 1 aliphatic heterocycles. The molecule has 0 radical (unpaired) electrons. The molecule has 1 saturated heterocycles. The van der Waals surface area contributed by atoms with Crippen LogP contribution < -0.4 is 11.3 Å². The van der Waals surface area contributed by atoms with Gasteiger partial charge in [0.05, 0.1) is 12.6 Å². The van der Waals surface area contributed by atoms with Gasteiger partial charge in [-0.3, -0.25) is 11.3 Å². The summed E-state index contributed by atoms with van der Waals surface area (Å²) in [5, 5.41) is 0. The lowest BCUT2D eigenvalue weighted by Crippen LogP contribution is -2.37. The molecule has 3 N–H and O–H groups in total. The van der Waals surface area contributed by atoms with E-state index in [0.717, 1.165) is 19.6 Å². The van der Waals surface area contributed by atoms with E-state index in [1.165, 1.54) is 12.0 Å². The molecule has 1 fully saturated rings. The lowest BCUT2D eigenvalue weighted by molar-refractivity contribution is 0.0390. The summed E-state index contributed by atoms with van der Waals surface area (Å²) in [6, 6.07) is 10.5. The van der Waals surface area contributed by atoms with E-state index in [2.05, 4.69) is 17.6 Å². The van der Waals surface area contributed by atoms with Crippen LogP contribution in [0.4, 0.5) is 0 Å². The molecule has 2 rings (SSSR count). The molecule has 1 aromatic rings. The van der Waals surface area contributed by atoms with E-state index < -0.39 is 0 Å². The van der Waals surface area contributed by atoms with Crippen molar-refractivity contribution in [2.24, 2.45) is 11.8 Å². The van der Waals surface area contributed by atoms with Crippen molar-refractivity contribution < 1.29 is 4.74 Å². The number of ether oxygens (including phenoxy) is 1. The molecule has 0 aliphatic carbocycles. The molecule has 1 aliphatic rings. The zero-order valence-electron chi connectivity index (χ0n) is 8.86. The van der Waals surface area contributed by atoms with Crippen LogP contribution in [-0.2, 0) is 4.74 Å². The van der Waals surface area contributed by atoms with Crippen molar-refractivity contribution in [3.05, 3.63) is 35.9 Å². The average molecular weight is 206 g/mol. The van der Waals surface area contributed by atoms with Gasteiger partial charge >= 0.3 is 0 Å². The van der Waals surface area contributed by atoms with Crippen LogP contribution in [0.15, 0.2) is 30.3 Å². The number of rotatable bonds is 3. The monoisotopic (exact) mass is 206 g/mol. The summed E-state index contributed by atoms with van der Waals surface area (Å²) in [5.41, 5.74) is 4.15. The second kappa shape index (κ2) is 5.26. The zero-order chi connectivity index (χ0) is 10.5. The first-order valence-corrected chi connectivity index (χ1v) is 5.50. The Bertz CT molecular complexity index is 283. The van der Waals surface area contributed by atoms with Gasteiger partial charge in [0.15, 0.2) is 0 Å². The Morgan fingerprint density at radius 3 is 2.73 bits per heavy atom. The molecular formula is C12H18N2O. The smallest absolute Gasteiger partial charge is 0.0513 e. The van der Waals surface area contributed by atoms with Crippen LogP contribution in [0, 0.1) is 5.92 Å². The van der Waals surface area contributed by atoms with Gasteiger partial charge in [-0.05, 0) is 18.4 Å². The molecule has 82 valence electrons. The number of nitrogens with two attached hydrogens (primary N) is 1. The van der Waals surface area contributed by atoms with Gasteiger partial charge in [0.25, 0.3) is 0 Å². The Morgan fingerprint density at radius 1 is 1.33 bits per heavy atom. The van der Waals surface area contributed by atoms with Crippen molar-refractivity contribution in [1.82, 2.24) is 5.43 Å². The molecule has 3 nitrogen and oxygen atoms in total. The summed E-state index contributed by atoms with van der Waals surface area (Å²) < 4.78 is 5.49. The van der Waals surface area contributed by atoms with E-state index >= 15 is 0 Å². The van der Waals surface area contributed by atoms with Crippen LogP contribution in [0.2, 0.25) is 0 Å². The Balaban J connectivity index is 2.09. The predicted octanol–water partition coefficient (Wildman–Crippen LogP) is 1.62. The maximum atomic E-state index is 5.63. The van der Waals surface area contributed by atoms with Crippen molar-refractivity contribution in [2.75, 3.05) is 13.2 Å². The number of nitrogens with one attached hydrogen (secondary N) is 1. The first kappa shape index (κ1) is 10.6. The van der Waals surface area contributed by atoms with Crippen LogP contribution >= 0.6 is 0 Å². The minimum atomic E-state index is 0.214. The van der Waals surface area contributed by atoms with Gasteiger partial charge in [0.1, 0.15) is 0 Å². The van der Waals surface area contributed by atoms with Gasteiger partial charge in [-0.15, -0.1) is 0 Å². The van der Waals surface area contributed by atoms with Gasteiger partial charge in [-0.1, -0.05) is 30.3 Å². The van der Waals surface area contributed by atoms with Crippen molar-refractivity contribution in [2.45, 2.75) is 18.9 Å². The molecule has 0 amide bonds. The van der Waals surface area contributed by atoms with E-state index in [1.54, 1.807) is 0 Å². The van der Waals surface area contributed by atoms with Gasteiger partial charge in [0, 0.05) is 12.5 Å². The third kappa shape index (κ3) is 2.56. The molecule has 1 aromatic carbocycles. The molecule has 1 heterocycles. The van der Waals surface area contributed by atoms with Gasteiger partial charge in [-0.25, -0.2) is 0 Å². The first-order valence-electron chi connectivity index (χ1n) is 5.50. The van der Waals surface area contributed by atoms with Gasteiger partial charge in [0.2, 0.25) is 0 Å². The van der Waals surface area contributed by atoms with Crippen LogP contribution in [0.3, 0.4) is 0 Å². The Hall–Kier alpha value is -0.900. The second-order valence-electron chi connectivity index (χ2n) is 4.03. The number of hydrazine groups is 1. The summed E-state index contributed by atoms with van der Waals surface area (Å²) in [7, 11) is 0. The van der Waals surface area contributed by atoms with Crippen LogP contribution in [0.5, 0.6) is 0 Å². The maximum absolute atomic E-state index is 5.63.